The van der Waals surface area contributed by atoms with Crippen molar-refractivity contribution >= 4 is 11.6 Å². The lowest BCUT2D eigenvalue weighted by atomic mass is 10.0. The zero-order chi connectivity index (χ0) is 13.1. The average Bonchev–Trinajstić information content (AvgIpc) is 2.77. The Morgan fingerprint density at radius 3 is 2.78 bits per heavy atom. The zero-order valence-corrected chi connectivity index (χ0v) is 11.4. The van der Waals surface area contributed by atoms with E-state index >= 15 is 0 Å². The molecule has 1 aromatic heterocycles. The third kappa shape index (κ3) is 2.92. The van der Waals surface area contributed by atoms with Gasteiger partial charge in [0.2, 0.25) is 0 Å². The summed E-state index contributed by atoms with van der Waals surface area (Å²) in [5.74, 6) is 0. The summed E-state index contributed by atoms with van der Waals surface area (Å²) in [7, 11) is 0. The van der Waals surface area contributed by atoms with Crippen molar-refractivity contribution in [1.29, 1.82) is 0 Å². The number of nitrogens with two attached hydrogens (primary N) is 1. The van der Waals surface area contributed by atoms with Crippen LogP contribution in [0.5, 0.6) is 0 Å². The minimum absolute atomic E-state index is 0.0617. The number of benzene rings is 1. The summed E-state index contributed by atoms with van der Waals surface area (Å²) in [6, 6.07) is 10.1. The molecule has 0 aliphatic heterocycles. The number of halogens is 1. The van der Waals surface area contributed by atoms with Crippen LogP contribution >= 0.6 is 11.6 Å². The van der Waals surface area contributed by atoms with Gasteiger partial charge in [-0.3, -0.25) is 4.68 Å². The van der Waals surface area contributed by atoms with Gasteiger partial charge in [-0.2, -0.15) is 5.10 Å². The topological polar surface area (TPSA) is 43.8 Å². The Bertz CT molecular complexity index is 519. The molecule has 1 unspecified atom stereocenters. The second kappa shape index (κ2) is 5.55. The molecule has 2 aromatic rings. The molecule has 2 rings (SSSR count). The molecule has 0 radical (unpaired) electrons. The summed E-state index contributed by atoms with van der Waals surface area (Å²) in [5.41, 5.74) is 8.46. The molecular weight excluding hydrogens is 246 g/mol. The van der Waals surface area contributed by atoms with Crippen LogP contribution in [0.4, 0.5) is 0 Å². The van der Waals surface area contributed by atoms with Crippen LogP contribution in [0.15, 0.2) is 36.5 Å². The van der Waals surface area contributed by atoms with Crippen LogP contribution in [0.2, 0.25) is 5.02 Å². The highest BCUT2D eigenvalue weighted by atomic mass is 35.5. The first-order valence-electron chi connectivity index (χ1n) is 6.11. The fraction of sp³-hybridized carbons (Fsp3) is 0.357. The van der Waals surface area contributed by atoms with Crippen molar-refractivity contribution in [3.8, 4) is 0 Å². The van der Waals surface area contributed by atoms with E-state index in [4.69, 9.17) is 17.3 Å². The van der Waals surface area contributed by atoms with E-state index in [0.29, 0.717) is 6.04 Å². The van der Waals surface area contributed by atoms with Crippen molar-refractivity contribution in [1.82, 2.24) is 9.78 Å². The normalized spacial score (nSPS) is 12.9. The van der Waals surface area contributed by atoms with Crippen LogP contribution in [-0.2, 0) is 6.42 Å². The summed E-state index contributed by atoms with van der Waals surface area (Å²) in [5, 5.41) is 5.05. The maximum atomic E-state index is 6.26. The smallest absolute Gasteiger partial charge is 0.0557 e. The van der Waals surface area contributed by atoms with E-state index in [2.05, 4.69) is 18.9 Å². The fourth-order valence-electron chi connectivity index (χ4n) is 2.07. The van der Waals surface area contributed by atoms with Gasteiger partial charge in [0, 0.05) is 17.3 Å². The molecule has 0 amide bonds. The number of nitrogens with zero attached hydrogens (tertiary/aromatic N) is 2. The van der Waals surface area contributed by atoms with Gasteiger partial charge in [-0.25, -0.2) is 0 Å². The van der Waals surface area contributed by atoms with Crippen LogP contribution in [0, 0.1) is 0 Å². The highest BCUT2D eigenvalue weighted by Gasteiger charge is 2.14. The van der Waals surface area contributed by atoms with Crippen molar-refractivity contribution in [2.75, 3.05) is 0 Å². The highest BCUT2D eigenvalue weighted by molar-refractivity contribution is 6.30. The van der Waals surface area contributed by atoms with Gasteiger partial charge in [0.25, 0.3) is 0 Å². The maximum absolute atomic E-state index is 6.26. The Morgan fingerprint density at radius 1 is 1.33 bits per heavy atom. The van der Waals surface area contributed by atoms with Gasteiger partial charge in [0.1, 0.15) is 0 Å². The van der Waals surface area contributed by atoms with E-state index in [1.165, 1.54) is 0 Å². The Morgan fingerprint density at radius 2 is 2.11 bits per heavy atom. The molecule has 96 valence electrons. The highest BCUT2D eigenvalue weighted by Crippen LogP contribution is 2.20. The molecule has 0 spiro atoms. The first kappa shape index (κ1) is 13.1. The second-order valence-corrected chi connectivity index (χ2v) is 5.17. The number of aromatic nitrogens is 2. The standard InChI is InChI=1S/C14H18ClN3/c1-10(2)18-14(6-7-17-18)13(16)9-11-4-3-5-12(15)8-11/h3-8,10,13H,9,16H2,1-2H3. The maximum Gasteiger partial charge on any atom is 0.0557 e. The van der Waals surface area contributed by atoms with Gasteiger partial charge in [-0.1, -0.05) is 23.7 Å². The third-order valence-electron chi connectivity index (χ3n) is 2.91. The monoisotopic (exact) mass is 263 g/mol. The van der Waals surface area contributed by atoms with Crippen molar-refractivity contribution in [2.45, 2.75) is 32.4 Å². The van der Waals surface area contributed by atoms with Crippen LogP contribution in [0.1, 0.15) is 37.2 Å². The molecule has 0 saturated carbocycles. The summed E-state index contributed by atoms with van der Waals surface area (Å²) in [6.07, 6.45) is 2.56. The lowest BCUT2D eigenvalue weighted by molar-refractivity contribution is 0.485. The van der Waals surface area contributed by atoms with E-state index in [1.54, 1.807) is 6.20 Å². The molecule has 1 atom stereocenters. The Balaban J connectivity index is 2.17. The molecule has 0 saturated heterocycles. The molecule has 1 aromatic carbocycles. The lowest BCUT2D eigenvalue weighted by Gasteiger charge is -2.16. The molecular formula is C14H18ClN3. The van der Waals surface area contributed by atoms with Crippen LogP contribution in [0.25, 0.3) is 0 Å². The lowest BCUT2D eigenvalue weighted by Crippen LogP contribution is -2.19. The minimum atomic E-state index is -0.0617. The van der Waals surface area contributed by atoms with Gasteiger partial charge in [0.05, 0.1) is 11.7 Å². The largest absolute Gasteiger partial charge is 0.322 e. The molecule has 0 bridgehead atoms. The fourth-order valence-corrected chi connectivity index (χ4v) is 2.28. The first-order chi connectivity index (χ1) is 8.58. The molecule has 0 aliphatic rings. The number of hydrogen-bond donors (Lipinski definition) is 1. The summed E-state index contributed by atoms with van der Waals surface area (Å²) < 4.78 is 1.97. The molecule has 18 heavy (non-hydrogen) atoms. The molecule has 3 nitrogen and oxygen atoms in total. The van der Waals surface area contributed by atoms with Crippen LogP contribution < -0.4 is 5.73 Å². The minimum Gasteiger partial charge on any atom is -0.322 e. The van der Waals surface area contributed by atoms with Crippen molar-refractivity contribution in [3.05, 3.63) is 52.8 Å². The van der Waals surface area contributed by atoms with Gasteiger partial charge in [-0.15, -0.1) is 0 Å². The molecule has 0 aliphatic carbocycles. The predicted octanol–water partition coefficient (Wildman–Crippen LogP) is 3.36. The summed E-state index contributed by atoms with van der Waals surface area (Å²) in [6.45, 7) is 4.20. The molecule has 1 heterocycles. The van der Waals surface area contributed by atoms with Crippen LogP contribution in [0.3, 0.4) is 0 Å². The van der Waals surface area contributed by atoms with Gasteiger partial charge in [0.15, 0.2) is 0 Å². The van der Waals surface area contributed by atoms with E-state index < -0.39 is 0 Å². The van der Waals surface area contributed by atoms with Gasteiger partial charge in [-0.05, 0) is 44.0 Å². The average molecular weight is 264 g/mol. The Labute approximate surface area is 113 Å². The molecule has 0 fully saturated rings. The van der Waals surface area contributed by atoms with Crippen molar-refractivity contribution in [3.63, 3.8) is 0 Å². The van der Waals surface area contributed by atoms with Gasteiger partial charge < -0.3 is 5.73 Å². The first-order valence-corrected chi connectivity index (χ1v) is 6.49. The quantitative estimate of drug-likeness (QED) is 0.919. The predicted molar refractivity (Wildman–Crippen MR) is 74.7 cm³/mol. The van der Waals surface area contributed by atoms with E-state index in [-0.39, 0.29) is 6.04 Å². The number of rotatable bonds is 4. The Hall–Kier alpha value is -1.32. The van der Waals surface area contributed by atoms with Crippen molar-refractivity contribution < 1.29 is 0 Å². The summed E-state index contributed by atoms with van der Waals surface area (Å²) >= 11 is 5.98. The number of hydrogen-bond acceptors (Lipinski definition) is 2. The zero-order valence-electron chi connectivity index (χ0n) is 10.7. The third-order valence-corrected chi connectivity index (χ3v) is 3.15. The molecule has 4 heteroatoms. The van der Waals surface area contributed by atoms with E-state index in [1.807, 2.05) is 35.0 Å². The van der Waals surface area contributed by atoms with Gasteiger partial charge >= 0.3 is 0 Å². The Kier molecular flexibility index (Phi) is 4.04. The second-order valence-electron chi connectivity index (χ2n) is 4.73. The van der Waals surface area contributed by atoms with E-state index in [0.717, 1.165) is 22.7 Å². The van der Waals surface area contributed by atoms with E-state index in [9.17, 15) is 0 Å². The molecule has 2 N–H and O–H groups in total. The SMILES string of the molecule is CC(C)n1nccc1C(N)Cc1cccc(Cl)c1. The summed E-state index contributed by atoms with van der Waals surface area (Å²) in [4.78, 5) is 0. The van der Waals surface area contributed by atoms with Crippen LogP contribution in [-0.4, -0.2) is 9.78 Å². The van der Waals surface area contributed by atoms with Crippen molar-refractivity contribution in [2.24, 2.45) is 5.73 Å².